The molecule has 0 heterocycles. The zero-order chi connectivity index (χ0) is 18.2. The Balaban J connectivity index is 1.80. The van der Waals surface area contributed by atoms with Crippen molar-refractivity contribution < 1.29 is 9.90 Å². The molecule has 0 aliphatic rings. The molecular weight excluding hydrogens is 324 g/mol. The van der Waals surface area contributed by atoms with Crippen LogP contribution in [-0.2, 0) is 16.8 Å². The van der Waals surface area contributed by atoms with Gasteiger partial charge in [-0.25, -0.2) is 5.43 Å². The molecule has 3 rings (SSSR count). The predicted molar refractivity (Wildman–Crippen MR) is 103 cm³/mol. The van der Waals surface area contributed by atoms with E-state index in [0.29, 0.717) is 17.5 Å². The molecule has 26 heavy (non-hydrogen) atoms. The van der Waals surface area contributed by atoms with Gasteiger partial charge in [0.2, 0.25) is 0 Å². The Bertz CT molecular complexity index is 823. The fourth-order valence-electron chi connectivity index (χ4n) is 2.74. The molecule has 0 spiro atoms. The van der Waals surface area contributed by atoms with Gasteiger partial charge in [-0.1, -0.05) is 91.0 Å². The number of hydrazone groups is 1. The summed E-state index contributed by atoms with van der Waals surface area (Å²) in [6.07, 6.45) is 2.21. The molecule has 0 atom stereocenters. The van der Waals surface area contributed by atoms with Crippen LogP contribution in [0.1, 0.15) is 16.7 Å². The summed E-state index contributed by atoms with van der Waals surface area (Å²) in [5, 5.41) is 15.3. The van der Waals surface area contributed by atoms with Crippen LogP contribution < -0.4 is 5.43 Å². The summed E-state index contributed by atoms with van der Waals surface area (Å²) in [7, 11) is 0. The van der Waals surface area contributed by atoms with Gasteiger partial charge in [0.25, 0.3) is 5.91 Å². The second-order valence-electron chi connectivity index (χ2n) is 5.88. The van der Waals surface area contributed by atoms with Gasteiger partial charge in [-0.3, -0.25) is 4.79 Å². The van der Waals surface area contributed by atoms with Gasteiger partial charge in [-0.2, -0.15) is 5.10 Å². The van der Waals surface area contributed by atoms with Crippen molar-refractivity contribution in [1.82, 2.24) is 5.43 Å². The van der Waals surface area contributed by atoms with Crippen molar-refractivity contribution in [2.75, 3.05) is 0 Å². The SMILES string of the molecule is O=C(NN=CCc1ccccc1)C(O)(c1ccccc1)c1ccccc1. The van der Waals surface area contributed by atoms with Crippen molar-refractivity contribution in [3.05, 3.63) is 108 Å². The molecule has 0 bridgehead atoms. The Labute approximate surface area is 152 Å². The maximum atomic E-state index is 12.8. The summed E-state index contributed by atoms with van der Waals surface area (Å²) >= 11 is 0. The van der Waals surface area contributed by atoms with Crippen molar-refractivity contribution in [2.45, 2.75) is 12.0 Å². The molecule has 0 unspecified atom stereocenters. The molecular formula is C22H20N2O2. The molecule has 0 aliphatic heterocycles. The number of amides is 1. The summed E-state index contributed by atoms with van der Waals surface area (Å²) in [5.74, 6) is -0.598. The van der Waals surface area contributed by atoms with Crippen LogP contribution in [0.2, 0.25) is 0 Å². The van der Waals surface area contributed by atoms with Gasteiger partial charge < -0.3 is 5.11 Å². The molecule has 0 fully saturated rings. The number of nitrogens with zero attached hydrogens (tertiary/aromatic N) is 1. The number of carbonyl (C=O) groups is 1. The molecule has 2 N–H and O–H groups in total. The maximum Gasteiger partial charge on any atom is 0.281 e. The minimum Gasteiger partial charge on any atom is -0.372 e. The van der Waals surface area contributed by atoms with E-state index < -0.39 is 11.5 Å². The molecule has 4 nitrogen and oxygen atoms in total. The van der Waals surface area contributed by atoms with Crippen molar-refractivity contribution in [1.29, 1.82) is 0 Å². The topological polar surface area (TPSA) is 61.7 Å². The Morgan fingerprint density at radius 1 is 0.846 bits per heavy atom. The van der Waals surface area contributed by atoms with E-state index >= 15 is 0 Å². The monoisotopic (exact) mass is 344 g/mol. The first kappa shape index (κ1) is 17.6. The van der Waals surface area contributed by atoms with Crippen LogP contribution in [-0.4, -0.2) is 17.2 Å². The van der Waals surface area contributed by atoms with Crippen molar-refractivity contribution in [3.63, 3.8) is 0 Å². The Kier molecular flexibility index (Phi) is 5.56. The zero-order valence-electron chi connectivity index (χ0n) is 14.2. The minimum absolute atomic E-state index is 0.488. The number of hydrogen-bond donors (Lipinski definition) is 2. The van der Waals surface area contributed by atoms with Gasteiger partial charge in [0.1, 0.15) is 0 Å². The van der Waals surface area contributed by atoms with Gasteiger partial charge in [0, 0.05) is 12.6 Å². The third-order valence-electron chi connectivity index (χ3n) is 4.14. The van der Waals surface area contributed by atoms with Crippen LogP contribution in [0.5, 0.6) is 0 Å². The number of hydrogen-bond acceptors (Lipinski definition) is 3. The second-order valence-corrected chi connectivity index (χ2v) is 5.88. The quantitative estimate of drug-likeness (QED) is 0.532. The normalized spacial score (nSPS) is 11.4. The first-order valence-corrected chi connectivity index (χ1v) is 8.40. The van der Waals surface area contributed by atoms with E-state index in [1.807, 2.05) is 42.5 Å². The zero-order valence-corrected chi connectivity index (χ0v) is 14.2. The van der Waals surface area contributed by atoms with Crippen LogP contribution in [0.15, 0.2) is 96.1 Å². The average molecular weight is 344 g/mol. The van der Waals surface area contributed by atoms with E-state index in [1.54, 1.807) is 54.7 Å². The molecule has 130 valence electrons. The minimum atomic E-state index is -1.81. The lowest BCUT2D eigenvalue weighted by molar-refractivity contribution is -0.136. The predicted octanol–water partition coefficient (Wildman–Crippen LogP) is 3.27. The van der Waals surface area contributed by atoms with Gasteiger partial charge in [-0.15, -0.1) is 0 Å². The van der Waals surface area contributed by atoms with Crippen molar-refractivity contribution in [3.8, 4) is 0 Å². The van der Waals surface area contributed by atoms with E-state index in [9.17, 15) is 9.90 Å². The van der Waals surface area contributed by atoms with Crippen molar-refractivity contribution >= 4 is 12.1 Å². The molecule has 0 aromatic heterocycles. The standard InChI is InChI=1S/C22H20N2O2/c25-21(24-23-17-16-18-10-4-1-5-11-18)22(26,19-12-6-2-7-13-19)20-14-8-3-9-15-20/h1-15,17,26H,16H2,(H,24,25). The number of rotatable bonds is 6. The van der Waals surface area contributed by atoms with Crippen LogP contribution in [0.25, 0.3) is 0 Å². The first-order chi connectivity index (χ1) is 12.7. The number of aliphatic hydroxyl groups is 1. The highest BCUT2D eigenvalue weighted by atomic mass is 16.3. The molecule has 0 saturated heterocycles. The van der Waals surface area contributed by atoms with Gasteiger partial charge in [0.15, 0.2) is 5.60 Å². The lowest BCUT2D eigenvalue weighted by atomic mass is 9.85. The van der Waals surface area contributed by atoms with Crippen LogP contribution >= 0.6 is 0 Å². The van der Waals surface area contributed by atoms with Crippen LogP contribution in [0.3, 0.4) is 0 Å². The fourth-order valence-corrected chi connectivity index (χ4v) is 2.74. The fraction of sp³-hybridized carbons (Fsp3) is 0.0909. The Morgan fingerprint density at radius 3 is 1.81 bits per heavy atom. The molecule has 3 aromatic carbocycles. The summed E-state index contributed by atoms with van der Waals surface area (Å²) in [5.41, 5.74) is 2.72. The van der Waals surface area contributed by atoms with Crippen LogP contribution in [0.4, 0.5) is 0 Å². The summed E-state index contributed by atoms with van der Waals surface area (Å²) in [4.78, 5) is 12.8. The molecule has 3 aromatic rings. The van der Waals surface area contributed by atoms with Crippen molar-refractivity contribution in [2.24, 2.45) is 5.10 Å². The highest BCUT2D eigenvalue weighted by Gasteiger charge is 2.39. The maximum absolute atomic E-state index is 12.8. The Morgan fingerprint density at radius 2 is 1.31 bits per heavy atom. The highest BCUT2D eigenvalue weighted by Crippen LogP contribution is 2.29. The number of nitrogens with one attached hydrogen (secondary N) is 1. The molecule has 1 amide bonds. The van der Waals surface area contributed by atoms with E-state index in [4.69, 9.17) is 0 Å². The lowest BCUT2D eigenvalue weighted by Gasteiger charge is -2.27. The average Bonchev–Trinajstić information content (AvgIpc) is 2.72. The third kappa shape index (κ3) is 3.87. The van der Waals surface area contributed by atoms with Gasteiger partial charge in [0.05, 0.1) is 0 Å². The molecule has 0 aliphatic carbocycles. The van der Waals surface area contributed by atoms with E-state index in [2.05, 4.69) is 10.5 Å². The second kappa shape index (κ2) is 8.23. The van der Waals surface area contributed by atoms with E-state index in [0.717, 1.165) is 5.56 Å². The Hall–Kier alpha value is -3.24. The van der Waals surface area contributed by atoms with Gasteiger partial charge >= 0.3 is 0 Å². The molecule has 0 radical (unpaired) electrons. The number of benzene rings is 3. The molecule has 4 heteroatoms. The number of carbonyl (C=O) groups excluding carboxylic acids is 1. The summed E-state index contributed by atoms with van der Waals surface area (Å²) in [6, 6.07) is 27.5. The van der Waals surface area contributed by atoms with Gasteiger partial charge in [-0.05, 0) is 16.7 Å². The summed E-state index contributed by atoms with van der Waals surface area (Å²) < 4.78 is 0. The first-order valence-electron chi connectivity index (χ1n) is 8.40. The van der Waals surface area contributed by atoms with E-state index in [-0.39, 0.29) is 0 Å². The summed E-state index contributed by atoms with van der Waals surface area (Å²) in [6.45, 7) is 0. The van der Waals surface area contributed by atoms with Crippen LogP contribution in [0, 0.1) is 0 Å². The smallest absolute Gasteiger partial charge is 0.281 e. The van der Waals surface area contributed by atoms with E-state index in [1.165, 1.54) is 0 Å². The lowest BCUT2D eigenvalue weighted by Crippen LogP contribution is -2.43. The molecule has 0 saturated carbocycles. The third-order valence-corrected chi connectivity index (χ3v) is 4.14. The highest BCUT2D eigenvalue weighted by molar-refractivity contribution is 5.90. The largest absolute Gasteiger partial charge is 0.372 e.